The highest BCUT2D eigenvalue weighted by molar-refractivity contribution is 5.76. The Morgan fingerprint density at radius 1 is 0.806 bits per heavy atom. The van der Waals surface area contributed by atoms with Crippen LogP contribution in [-0.4, -0.2) is 12.1 Å². The molecule has 2 unspecified atom stereocenters. The van der Waals surface area contributed by atoms with E-state index in [0.717, 1.165) is 47.1 Å². The number of hydrogen-bond donors (Lipinski definition) is 0. The van der Waals surface area contributed by atoms with Crippen LogP contribution in [0, 0.1) is 0 Å². The van der Waals surface area contributed by atoms with Crippen molar-refractivity contribution < 1.29 is 9.15 Å². The third-order valence-electron chi connectivity index (χ3n) is 6.32. The molecule has 31 heavy (non-hydrogen) atoms. The number of rotatable bonds is 5. The van der Waals surface area contributed by atoms with Crippen LogP contribution in [0.2, 0.25) is 0 Å². The van der Waals surface area contributed by atoms with Gasteiger partial charge in [-0.3, -0.25) is 0 Å². The second kappa shape index (κ2) is 8.81. The van der Waals surface area contributed by atoms with Gasteiger partial charge in [-0.2, -0.15) is 0 Å². The molecule has 3 aromatic carbocycles. The van der Waals surface area contributed by atoms with E-state index in [-0.39, 0.29) is 0 Å². The predicted octanol–water partition coefficient (Wildman–Crippen LogP) is 7.46. The summed E-state index contributed by atoms with van der Waals surface area (Å²) in [5, 5.41) is 0. The van der Waals surface area contributed by atoms with Crippen LogP contribution < -0.4 is 4.74 Å². The molecule has 0 amide bonds. The minimum Gasteiger partial charge on any atom is -0.497 e. The lowest BCUT2D eigenvalue weighted by atomic mass is 9.78. The van der Waals surface area contributed by atoms with Crippen molar-refractivity contribution in [1.82, 2.24) is 4.98 Å². The van der Waals surface area contributed by atoms with Gasteiger partial charge in [0.25, 0.3) is 0 Å². The lowest BCUT2D eigenvalue weighted by Gasteiger charge is -2.27. The van der Waals surface area contributed by atoms with Crippen LogP contribution in [0.25, 0.3) is 22.6 Å². The van der Waals surface area contributed by atoms with Gasteiger partial charge in [-0.25, -0.2) is 4.98 Å². The molecule has 0 saturated heterocycles. The maximum atomic E-state index is 6.49. The van der Waals surface area contributed by atoms with E-state index in [1.54, 1.807) is 7.11 Å². The van der Waals surface area contributed by atoms with E-state index in [1.165, 1.54) is 18.4 Å². The molecule has 0 spiro atoms. The highest BCUT2D eigenvalue weighted by Gasteiger charge is 2.29. The number of ether oxygens (including phenoxy) is 1. The smallest absolute Gasteiger partial charge is 0.198 e. The van der Waals surface area contributed by atoms with Crippen molar-refractivity contribution in [3.63, 3.8) is 0 Å². The number of aromatic nitrogens is 1. The molecule has 1 aliphatic rings. The largest absolute Gasteiger partial charge is 0.497 e. The van der Waals surface area contributed by atoms with Crippen molar-refractivity contribution in [3.8, 4) is 28.3 Å². The van der Waals surface area contributed by atoms with Gasteiger partial charge in [-0.05, 0) is 42.9 Å². The van der Waals surface area contributed by atoms with Crippen LogP contribution in [-0.2, 0) is 0 Å². The van der Waals surface area contributed by atoms with Gasteiger partial charge < -0.3 is 9.15 Å². The molecule has 1 heterocycles. The third-order valence-corrected chi connectivity index (χ3v) is 6.32. The lowest BCUT2D eigenvalue weighted by Crippen LogP contribution is -2.13. The topological polar surface area (TPSA) is 35.3 Å². The van der Waals surface area contributed by atoms with E-state index >= 15 is 0 Å². The molecule has 0 bridgehead atoms. The molecular formula is C28H27NO2. The van der Waals surface area contributed by atoms with Crippen LogP contribution in [0.1, 0.15) is 49.0 Å². The molecule has 2 atom stereocenters. The van der Waals surface area contributed by atoms with Crippen molar-refractivity contribution in [1.29, 1.82) is 0 Å². The summed E-state index contributed by atoms with van der Waals surface area (Å²) in [6.07, 6.45) is 4.54. The summed E-state index contributed by atoms with van der Waals surface area (Å²) >= 11 is 0. The van der Waals surface area contributed by atoms with Crippen LogP contribution in [0.3, 0.4) is 0 Å². The monoisotopic (exact) mass is 409 g/mol. The van der Waals surface area contributed by atoms with Crippen molar-refractivity contribution in [2.75, 3.05) is 7.11 Å². The molecule has 4 aromatic rings. The molecule has 5 rings (SSSR count). The quantitative estimate of drug-likeness (QED) is 0.343. The van der Waals surface area contributed by atoms with Crippen molar-refractivity contribution >= 4 is 0 Å². The van der Waals surface area contributed by atoms with Gasteiger partial charge in [-0.1, -0.05) is 79.2 Å². The lowest BCUT2D eigenvalue weighted by molar-refractivity contribution is 0.337. The number of benzene rings is 3. The fourth-order valence-electron chi connectivity index (χ4n) is 4.70. The van der Waals surface area contributed by atoms with Crippen LogP contribution in [0.5, 0.6) is 5.75 Å². The predicted molar refractivity (Wildman–Crippen MR) is 124 cm³/mol. The highest BCUT2D eigenvalue weighted by Crippen LogP contribution is 2.44. The van der Waals surface area contributed by atoms with Gasteiger partial charge in [0.2, 0.25) is 0 Å². The molecule has 0 radical (unpaired) electrons. The minimum atomic E-state index is 0.324. The Bertz CT molecular complexity index is 1080. The molecule has 1 saturated carbocycles. The number of nitrogens with zero attached hydrogens (tertiary/aromatic N) is 1. The molecular weight excluding hydrogens is 382 g/mol. The summed E-state index contributed by atoms with van der Waals surface area (Å²) in [5.74, 6) is 3.48. The van der Waals surface area contributed by atoms with Crippen LogP contribution in [0.4, 0.5) is 0 Å². The SMILES string of the molecule is COc1cccc(C2CCCC(c3nc(-c4ccccc4)c(-c4ccccc4)o3)C2)c1. The van der Waals surface area contributed by atoms with E-state index < -0.39 is 0 Å². The van der Waals surface area contributed by atoms with Crippen molar-refractivity contribution in [3.05, 3.63) is 96.4 Å². The first-order valence-corrected chi connectivity index (χ1v) is 11.1. The zero-order valence-corrected chi connectivity index (χ0v) is 17.8. The Hall–Kier alpha value is -3.33. The second-order valence-electron chi connectivity index (χ2n) is 8.30. The average Bonchev–Trinajstić information content (AvgIpc) is 3.31. The Morgan fingerprint density at radius 2 is 1.52 bits per heavy atom. The Morgan fingerprint density at radius 3 is 2.26 bits per heavy atom. The maximum absolute atomic E-state index is 6.49. The molecule has 3 nitrogen and oxygen atoms in total. The first kappa shape index (κ1) is 19.6. The first-order valence-electron chi connectivity index (χ1n) is 11.1. The van der Waals surface area contributed by atoms with Crippen molar-refractivity contribution in [2.24, 2.45) is 0 Å². The maximum Gasteiger partial charge on any atom is 0.198 e. The second-order valence-corrected chi connectivity index (χ2v) is 8.30. The zero-order chi connectivity index (χ0) is 21.0. The standard InChI is InChI=1S/C28H27NO2/c1-30-25-17-9-15-23(19-25)22-14-8-16-24(18-22)28-29-26(20-10-4-2-5-11-20)27(31-28)21-12-6-3-7-13-21/h2-7,9-13,15,17,19,22,24H,8,14,16,18H2,1H3. The molecule has 1 aliphatic carbocycles. The zero-order valence-electron chi connectivity index (χ0n) is 17.8. The van der Waals surface area contributed by atoms with E-state index in [0.29, 0.717) is 11.8 Å². The summed E-state index contributed by atoms with van der Waals surface area (Å²) < 4.78 is 11.9. The van der Waals surface area contributed by atoms with Gasteiger partial charge in [0.1, 0.15) is 11.4 Å². The Labute approximate surface area is 183 Å². The average molecular weight is 410 g/mol. The Kier molecular flexibility index (Phi) is 5.57. The van der Waals surface area contributed by atoms with E-state index in [1.807, 2.05) is 30.3 Å². The minimum absolute atomic E-state index is 0.324. The third kappa shape index (κ3) is 4.13. The molecule has 156 valence electrons. The summed E-state index contributed by atoms with van der Waals surface area (Å²) in [4.78, 5) is 5.05. The van der Waals surface area contributed by atoms with E-state index in [2.05, 4.69) is 54.6 Å². The van der Waals surface area contributed by atoms with Gasteiger partial charge >= 0.3 is 0 Å². The van der Waals surface area contributed by atoms with Gasteiger partial charge in [0.15, 0.2) is 11.7 Å². The number of hydrogen-bond acceptors (Lipinski definition) is 3. The summed E-state index contributed by atoms with van der Waals surface area (Å²) in [6, 6.07) is 29.2. The van der Waals surface area contributed by atoms with Gasteiger partial charge in [0, 0.05) is 17.0 Å². The first-order chi connectivity index (χ1) is 15.3. The van der Waals surface area contributed by atoms with E-state index in [4.69, 9.17) is 14.1 Å². The number of oxazole rings is 1. The van der Waals surface area contributed by atoms with Gasteiger partial charge in [0.05, 0.1) is 7.11 Å². The normalized spacial score (nSPS) is 18.6. The van der Waals surface area contributed by atoms with Crippen LogP contribution in [0.15, 0.2) is 89.3 Å². The van der Waals surface area contributed by atoms with Gasteiger partial charge in [-0.15, -0.1) is 0 Å². The van der Waals surface area contributed by atoms with E-state index in [9.17, 15) is 0 Å². The summed E-state index contributed by atoms with van der Waals surface area (Å²) in [7, 11) is 1.73. The molecule has 0 N–H and O–H groups in total. The molecule has 1 fully saturated rings. The number of methoxy groups -OCH3 is 1. The van der Waals surface area contributed by atoms with Crippen molar-refractivity contribution in [2.45, 2.75) is 37.5 Å². The molecule has 0 aliphatic heterocycles. The highest BCUT2D eigenvalue weighted by atomic mass is 16.5. The molecule has 1 aromatic heterocycles. The summed E-state index contributed by atoms with van der Waals surface area (Å²) in [6.45, 7) is 0. The van der Waals surface area contributed by atoms with Crippen LogP contribution >= 0.6 is 0 Å². The fourth-order valence-corrected chi connectivity index (χ4v) is 4.70. The fraction of sp³-hybridized carbons (Fsp3) is 0.250. The molecule has 3 heteroatoms. The summed E-state index contributed by atoms with van der Waals surface area (Å²) in [5.41, 5.74) is 4.45. The Balaban J connectivity index is 1.49.